The molecule has 1 aromatic carbocycles. The maximum Gasteiger partial charge on any atom is 0.125 e. The van der Waals surface area contributed by atoms with Crippen molar-refractivity contribution in [2.75, 3.05) is 26.4 Å². The van der Waals surface area contributed by atoms with E-state index in [1.165, 1.54) is 11.1 Å². The summed E-state index contributed by atoms with van der Waals surface area (Å²) in [5, 5.41) is 4.42. The van der Waals surface area contributed by atoms with Gasteiger partial charge in [-0.15, -0.1) is 0 Å². The fourth-order valence-electron chi connectivity index (χ4n) is 2.76. The average molecular weight is 312 g/mol. The smallest absolute Gasteiger partial charge is 0.125 e. The van der Waals surface area contributed by atoms with Crippen LogP contribution in [0.2, 0.25) is 5.02 Å². The zero-order valence-corrected chi connectivity index (χ0v) is 13.8. The summed E-state index contributed by atoms with van der Waals surface area (Å²) in [4.78, 5) is 0. The van der Waals surface area contributed by atoms with E-state index in [1.54, 1.807) is 0 Å². The minimum Gasteiger partial charge on any atom is -0.493 e. The second kappa shape index (κ2) is 8.62. The Morgan fingerprint density at radius 3 is 3.00 bits per heavy atom. The first-order valence-electron chi connectivity index (χ1n) is 7.99. The van der Waals surface area contributed by atoms with Crippen LogP contribution < -0.4 is 10.1 Å². The summed E-state index contributed by atoms with van der Waals surface area (Å²) in [5.41, 5.74) is 2.47. The van der Waals surface area contributed by atoms with E-state index in [4.69, 9.17) is 21.1 Å². The Kier molecular flexibility index (Phi) is 6.81. The third-order valence-corrected chi connectivity index (χ3v) is 4.01. The maximum absolute atomic E-state index is 6.24. The van der Waals surface area contributed by atoms with Gasteiger partial charge >= 0.3 is 0 Å². The first-order valence-corrected chi connectivity index (χ1v) is 8.37. The highest BCUT2D eigenvalue weighted by atomic mass is 35.5. The minimum atomic E-state index is 0.406. The second-order valence-corrected chi connectivity index (χ2v) is 5.93. The zero-order valence-electron chi connectivity index (χ0n) is 13.1. The molecule has 21 heavy (non-hydrogen) atoms. The lowest BCUT2D eigenvalue weighted by molar-refractivity contribution is 0.136. The number of halogens is 1. The average Bonchev–Trinajstić information content (AvgIpc) is 2.93. The van der Waals surface area contributed by atoms with Gasteiger partial charge < -0.3 is 14.8 Å². The van der Waals surface area contributed by atoms with Gasteiger partial charge in [-0.25, -0.2) is 0 Å². The second-order valence-electron chi connectivity index (χ2n) is 5.49. The molecule has 0 bridgehead atoms. The van der Waals surface area contributed by atoms with Gasteiger partial charge in [-0.1, -0.05) is 18.5 Å². The molecule has 0 spiro atoms. The molecule has 1 heterocycles. The summed E-state index contributed by atoms with van der Waals surface area (Å²) in [6.45, 7) is 7.59. The van der Waals surface area contributed by atoms with Crippen molar-refractivity contribution in [1.29, 1.82) is 0 Å². The molecular weight excluding hydrogens is 286 g/mol. The normalized spacial score (nSPS) is 14.8. The molecule has 0 saturated carbocycles. The van der Waals surface area contributed by atoms with Crippen LogP contribution in [0.5, 0.6) is 5.75 Å². The van der Waals surface area contributed by atoms with Crippen LogP contribution in [0.25, 0.3) is 0 Å². The van der Waals surface area contributed by atoms with Gasteiger partial charge in [-0.05, 0) is 56.0 Å². The summed E-state index contributed by atoms with van der Waals surface area (Å²) in [6, 6.07) is 4.48. The molecule has 1 atom stereocenters. The standard InChI is InChI=1S/C17H26ClNO2/c1-3-7-19-16(6-8-20-4-2)12-14-11-15(18)10-13-5-9-21-17(13)14/h10-11,16,19H,3-9,12H2,1-2H3. The molecule has 0 saturated heterocycles. The van der Waals surface area contributed by atoms with Crippen molar-refractivity contribution in [2.45, 2.75) is 45.6 Å². The van der Waals surface area contributed by atoms with Crippen molar-refractivity contribution >= 4 is 11.6 Å². The zero-order chi connectivity index (χ0) is 15.1. The predicted octanol–water partition coefficient (Wildman–Crippen LogP) is 3.61. The van der Waals surface area contributed by atoms with E-state index >= 15 is 0 Å². The van der Waals surface area contributed by atoms with Crippen molar-refractivity contribution in [3.8, 4) is 5.75 Å². The lowest BCUT2D eigenvalue weighted by Gasteiger charge is -2.20. The van der Waals surface area contributed by atoms with E-state index in [-0.39, 0.29) is 0 Å². The Bertz CT molecular complexity index is 451. The highest BCUT2D eigenvalue weighted by Crippen LogP contribution is 2.33. The highest BCUT2D eigenvalue weighted by molar-refractivity contribution is 6.30. The molecule has 4 heteroatoms. The van der Waals surface area contributed by atoms with Crippen LogP contribution in [0.3, 0.4) is 0 Å². The Morgan fingerprint density at radius 2 is 2.24 bits per heavy atom. The minimum absolute atomic E-state index is 0.406. The molecule has 3 nitrogen and oxygen atoms in total. The molecule has 1 unspecified atom stereocenters. The van der Waals surface area contributed by atoms with E-state index in [0.717, 1.165) is 62.8 Å². The third kappa shape index (κ3) is 4.87. The fraction of sp³-hybridized carbons (Fsp3) is 0.647. The number of fused-ring (bicyclic) bond motifs is 1. The summed E-state index contributed by atoms with van der Waals surface area (Å²) < 4.78 is 11.3. The number of hydrogen-bond acceptors (Lipinski definition) is 3. The molecule has 0 fully saturated rings. The lowest BCUT2D eigenvalue weighted by Crippen LogP contribution is -2.33. The molecule has 0 aromatic heterocycles. The van der Waals surface area contributed by atoms with Gasteiger partial charge in [0.25, 0.3) is 0 Å². The van der Waals surface area contributed by atoms with Crippen LogP contribution in [-0.2, 0) is 17.6 Å². The van der Waals surface area contributed by atoms with E-state index in [9.17, 15) is 0 Å². The molecule has 1 aliphatic heterocycles. The van der Waals surface area contributed by atoms with E-state index in [1.807, 2.05) is 19.1 Å². The van der Waals surface area contributed by atoms with E-state index in [0.29, 0.717) is 6.04 Å². The number of nitrogens with one attached hydrogen (secondary N) is 1. The topological polar surface area (TPSA) is 30.5 Å². The summed E-state index contributed by atoms with van der Waals surface area (Å²) in [5.74, 6) is 1.05. The SMILES string of the molecule is CCCNC(CCOCC)Cc1cc(Cl)cc2c1OCC2. The van der Waals surface area contributed by atoms with Crippen LogP contribution in [0.4, 0.5) is 0 Å². The molecule has 2 rings (SSSR count). The Morgan fingerprint density at radius 1 is 1.38 bits per heavy atom. The first-order chi connectivity index (χ1) is 10.2. The van der Waals surface area contributed by atoms with Gasteiger partial charge in [0, 0.05) is 30.7 Å². The molecule has 0 amide bonds. The fourth-order valence-corrected chi connectivity index (χ4v) is 3.02. The van der Waals surface area contributed by atoms with Crippen LogP contribution in [-0.4, -0.2) is 32.4 Å². The van der Waals surface area contributed by atoms with E-state index < -0.39 is 0 Å². The van der Waals surface area contributed by atoms with Crippen molar-refractivity contribution in [3.63, 3.8) is 0 Å². The van der Waals surface area contributed by atoms with Gasteiger partial charge in [-0.3, -0.25) is 0 Å². The van der Waals surface area contributed by atoms with Gasteiger partial charge in [0.2, 0.25) is 0 Å². The molecule has 0 radical (unpaired) electrons. The number of benzene rings is 1. The molecule has 1 aliphatic rings. The molecular formula is C17H26ClNO2. The lowest BCUT2D eigenvalue weighted by atomic mass is 9.99. The Labute approximate surface area is 133 Å². The summed E-state index contributed by atoms with van der Waals surface area (Å²) in [6.07, 6.45) is 4.05. The van der Waals surface area contributed by atoms with Crippen LogP contribution in [0.15, 0.2) is 12.1 Å². The van der Waals surface area contributed by atoms with Crippen LogP contribution >= 0.6 is 11.6 Å². The van der Waals surface area contributed by atoms with Crippen molar-refractivity contribution in [1.82, 2.24) is 5.32 Å². The van der Waals surface area contributed by atoms with Gasteiger partial charge in [0.15, 0.2) is 0 Å². The summed E-state index contributed by atoms with van der Waals surface area (Å²) in [7, 11) is 0. The predicted molar refractivity (Wildman–Crippen MR) is 87.5 cm³/mol. The number of rotatable bonds is 9. The molecule has 118 valence electrons. The number of hydrogen-bond donors (Lipinski definition) is 1. The Balaban J connectivity index is 2.04. The molecule has 1 aromatic rings. The summed E-state index contributed by atoms with van der Waals surface area (Å²) >= 11 is 6.24. The molecule has 0 aliphatic carbocycles. The largest absolute Gasteiger partial charge is 0.493 e. The van der Waals surface area contributed by atoms with Gasteiger partial charge in [-0.2, -0.15) is 0 Å². The van der Waals surface area contributed by atoms with Crippen LogP contribution in [0, 0.1) is 0 Å². The maximum atomic E-state index is 6.24. The molecule has 1 N–H and O–H groups in total. The van der Waals surface area contributed by atoms with Gasteiger partial charge in [0.1, 0.15) is 5.75 Å². The monoisotopic (exact) mass is 311 g/mol. The van der Waals surface area contributed by atoms with Crippen molar-refractivity contribution < 1.29 is 9.47 Å². The van der Waals surface area contributed by atoms with Crippen molar-refractivity contribution in [2.24, 2.45) is 0 Å². The Hall–Kier alpha value is -0.770. The van der Waals surface area contributed by atoms with Gasteiger partial charge in [0.05, 0.1) is 6.61 Å². The third-order valence-electron chi connectivity index (χ3n) is 3.79. The van der Waals surface area contributed by atoms with E-state index in [2.05, 4.69) is 12.2 Å². The highest BCUT2D eigenvalue weighted by Gasteiger charge is 2.20. The number of ether oxygens (including phenoxy) is 2. The quantitative estimate of drug-likeness (QED) is 0.707. The first kappa shape index (κ1) is 16.6. The van der Waals surface area contributed by atoms with Crippen LogP contribution in [0.1, 0.15) is 37.8 Å². The van der Waals surface area contributed by atoms with Crippen molar-refractivity contribution in [3.05, 3.63) is 28.3 Å².